The summed E-state index contributed by atoms with van der Waals surface area (Å²) in [7, 11) is 0. The van der Waals surface area contributed by atoms with E-state index in [1.807, 2.05) is 31.2 Å². The Bertz CT molecular complexity index is 791. The van der Waals surface area contributed by atoms with E-state index in [2.05, 4.69) is 15.8 Å². The molecule has 0 fully saturated rings. The summed E-state index contributed by atoms with van der Waals surface area (Å²) in [6.45, 7) is 2.66. The van der Waals surface area contributed by atoms with Crippen molar-refractivity contribution in [2.75, 3.05) is 11.9 Å². The van der Waals surface area contributed by atoms with Crippen LogP contribution in [0, 0.1) is 5.82 Å². The van der Waals surface area contributed by atoms with Crippen molar-refractivity contribution >= 4 is 23.7 Å². The van der Waals surface area contributed by atoms with Crippen molar-refractivity contribution in [2.45, 2.75) is 26.2 Å². The van der Waals surface area contributed by atoms with Crippen LogP contribution < -0.4 is 15.5 Å². The molecule has 0 unspecified atom stereocenters. The molecule has 142 valence electrons. The number of benzene rings is 2. The van der Waals surface area contributed by atoms with E-state index in [1.54, 1.807) is 0 Å². The van der Waals surface area contributed by atoms with Crippen molar-refractivity contribution in [1.29, 1.82) is 0 Å². The van der Waals surface area contributed by atoms with Crippen LogP contribution in [0.5, 0.6) is 5.75 Å². The second kappa shape index (κ2) is 10.7. The van der Waals surface area contributed by atoms with Gasteiger partial charge in [0, 0.05) is 18.5 Å². The highest BCUT2D eigenvalue weighted by Gasteiger charge is 2.07. The van der Waals surface area contributed by atoms with E-state index in [-0.39, 0.29) is 30.5 Å². The SMILES string of the molecule is CCCOc1cccc(C=NNC(=O)CCC(=O)Nc2ccc(F)cc2)c1. The standard InChI is InChI=1S/C20H22FN3O3/c1-2-12-27-18-5-3-4-15(13-18)14-22-24-20(26)11-10-19(25)23-17-8-6-16(21)7-9-17/h3-9,13-14H,2,10-12H2,1H3,(H,23,25)(H,24,26). The number of hydrazone groups is 1. The number of anilines is 1. The van der Waals surface area contributed by atoms with Crippen LogP contribution in [0.15, 0.2) is 53.6 Å². The van der Waals surface area contributed by atoms with Gasteiger partial charge in [0.15, 0.2) is 0 Å². The zero-order valence-electron chi connectivity index (χ0n) is 15.1. The number of hydrogen-bond acceptors (Lipinski definition) is 4. The molecule has 6 nitrogen and oxygen atoms in total. The Hall–Kier alpha value is -3.22. The number of halogens is 1. The zero-order chi connectivity index (χ0) is 19.5. The molecule has 0 spiro atoms. The fourth-order valence-electron chi connectivity index (χ4n) is 2.12. The maximum atomic E-state index is 12.8. The molecule has 0 aliphatic heterocycles. The van der Waals surface area contributed by atoms with Gasteiger partial charge in [0.2, 0.25) is 11.8 Å². The minimum absolute atomic E-state index is 0.000920. The van der Waals surface area contributed by atoms with Crippen LogP contribution >= 0.6 is 0 Å². The fraction of sp³-hybridized carbons (Fsp3) is 0.250. The van der Waals surface area contributed by atoms with E-state index in [9.17, 15) is 14.0 Å². The van der Waals surface area contributed by atoms with Crippen LogP contribution in [-0.4, -0.2) is 24.6 Å². The summed E-state index contributed by atoms with van der Waals surface area (Å²) in [6.07, 6.45) is 2.42. The van der Waals surface area contributed by atoms with Crippen molar-refractivity contribution in [3.63, 3.8) is 0 Å². The van der Waals surface area contributed by atoms with Gasteiger partial charge in [0.1, 0.15) is 11.6 Å². The first-order valence-corrected chi connectivity index (χ1v) is 8.67. The zero-order valence-corrected chi connectivity index (χ0v) is 15.1. The lowest BCUT2D eigenvalue weighted by molar-refractivity contribution is -0.124. The maximum absolute atomic E-state index is 12.8. The van der Waals surface area contributed by atoms with Gasteiger partial charge in [-0.25, -0.2) is 9.82 Å². The predicted molar refractivity (Wildman–Crippen MR) is 102 cm³/mol. The molecule has 2 aromatic carbocycles. The summed E-state index contributed by atoms with van der Waals surface area (Å²) in [4.78, 5) is 23.5. The van der Waals surface area contributed by atoms with Crippen LogP contribution in [0.3, 0.4) is 0 Å². The van der Waals surface area contributed by atoms with Crippen LogP contribution in [0.4, 0.5) is 10.1 Å². The van der Waals surface area contributed by atoms with Gasteiger partial charge in [0.05, 0.1) is 12.8 Å². The highest BCUT2D eigenvalue weighted by molar-refractivity contribution is 5.93. The van der Waals surface area contributed by atoms with Gasteiger partial charge in [-0.2, -0.15) is 5.10 Å². The van der Waals surface area contributed by atoms with Gasteiger partial charge >= 0.3 is 0 Å². The number of hydrogen-bond donors (Lipinski definition) is 2. The van der Waals surface area contributed by atoms with Gasteiger partial charge in [-0.05, 0) is 48.4 Å². The average molecular weight is 371 g/mol. The largest absolute Gasteiger partial charge is 0.494 e. The Morgan fingerprint density at radius 1 is 1.11 bits per heavy atom. The first kappa shape index (κ1) is 20.1. The lowest BCUT2D eigenvalue weighted by Crippen LogP contribution is -2.20. The number of rotatable bonds is 9. The Morgan fingerprint density at radius 3 is 2.59 bits per heavy atom. The second-order valence-electron chi connectivity index (χ2n) is 5.77. The molecular formula is C20H22FN3O3. The maximum Gasteiger partial charge on any atom is 0.240 e. The second-order valence-corrected chi connectivity index (χ2v) is 5.77. The monoisotopic (exact) mass is 371 g/mol. The number of carbonyl (C=O) groups excluding carboxylic acids is 2. The molecule has 2 rings (SSSR count). The lowest BCUT2D eigenvalue weighted by Gasteiger charge is -2.05. The predicted octanol–water partition coefficient (Wildman–Crippen LogP) is 3.48. The molecule has 0 aliphatic rings. The van der Waals surface area contributed by atoms with E-state index < -0.39 is 0 Å². The number of nitrogens with zero attached hydrogens (tertiary/aromatic N) is 1. The summed E-state index contributed by atoms with van der Waals surface area (Å²) in [5, 5.41) is 6.47. The average Bonchev–Trinajstić information content (AvgIpc) is 2.67. The molecule has 2 N–H and O–H groups in total. The minimum Gasteiger partial charge on any atom is -0.494 e. The van der Waals surface area contributed by atoms with Crippen molar-refractivity contribution in [3.8, 4) is 5.75 Å². The molecule has 0 radical (unpaired) electrons. The third-order valence-electron chi connectivity index (χ3n) is 3.44. The third-order valence-corrected chi connectivity index (χ3v) is 3.44. The molecule has 7 heteroatoms. The van der Waals surface area contributed by atoms with Gasteiger partial charge in [0.25, 0.3) is 0 Å². The molecule has 2 amide bonds. The third kappa shape index (κ3) is 7.68. The Balaban J connectivity index is 1.73. The minimum atomic E-state index is -0.382. The van der Waals surface area contributed by atoms with Gasteiger partial charge in [-0.3, -0.25) is 9.59 Å². The van der Waals surface area contributed by atoms with Crippen molar-refractivity contribution in [2.24, 2.45) is 5.10 Å². The lowest BCUT2D eigenvalue weighted by atomic mass is 10.2. The van der Waals surface area contributed by atoms with E-state index in [4.69, 9.17) is 4.74 Å². The highest BCUT2D eigenvalue weighted by Crippen LogP contribution is 2.12. The van der Waals surface area contributed by atoms with Crippen LogP contribution in [0.25, 0.3) is 0 Å². The number of carbonyl (C=O) groups is 2. The van der Waals surface area contributed by atoms with Crippen molar-refractivity contribution < 1.29 is 18.7 Å². The molecule has 0 saturated heterocycles. The van der Waals surface area contributed by atoms with E-state index in [0.29, 0.717) is 12.3 Å². The number of ether oxygens (including phenoxy) is 1. The molecule has 2 aromatic rings. The summed E-state index contributed by atoms with van der Waals surface area (Å²) < 4.78 is 18.3. The topological polar surface area (TPSA) is 79.8 Å². The molecule has 0 bridgehead atoms. The highest BCUT2D eigenvalue weighted by atomic mass is 19.1. The van der Waals surface area contributed by atoms with E-state index in [0.717, 1.165) is 17.7 Å². The van der Waals surface area contributed by atoms with Crippen molar-refractivity contribution in [3.05, 3.63) is 59.9 Å². The molecule has 0 saturated carbocycles. The van der Waals surface area contributed by atoms with Gasteiger partial charge in [-0.15, -0.1) is 0 Å². The molecule has 0 atom stereocenters. The first-order chi connectivity index (χ1) is 13.1. The summed E-state index contributed by atoms with van der Waals surface area (Å²) in [6, 6.07) is 12.8. The van der Waals surface area contributed by atoms with E-state index >= 15 is 0 Å². The van der Waals surface area contributed by atoms with Crippen LogP contribution in [0.1, 0.15) is 31.7 Å². The quantitative estimate of drug-likeness (QED) is 0.523. The molecule has 0 heterocycles. The van der Waals surface area contributed by atoms with Crippen molar-refractivity contribution in [1.82, 2.24) is 5.43 Å². The molecule has 0 aromatic heterocycles. The molecular weight excluding hydrogens is 349 g/mol. The number of nitrogens with one attached hydrogen (secondary N) is 2. The van der Waals surface area contributed by atoms with Crippen LogP contribution in [0.2, 0.25) is 0 Å². The summed E-state index contributed by atoms with van der Waals surface area (Å²) >= 11 is 0. The summed E-state index contributed by atoms with van der Waals surface area (Å²) in [5.74, 6) is -0.349. The van der Waals surface area contributed by atoms with E-state index in [1.165, 1.54) is 30.5 Å². The van der Waals surface area contributed by atoms with Crippen LogP contribution in [-0.2, 0) is 9.59 Å². The Kier molecular flexibility index (Phi) is 7.96. The normalized spacial score (nSPS) is 10.6. The summed E-state index contributed by atoms with van der Waals surface area (Å²) in [5.41, 5.74) is 3.65. The smallest absolute Gasteiger partial charge is 0.240 e. The molecule has 27 heavy (non-hydrogen) atoms. The fourth-order valence-corrected chi connectivity index (χ4v) is 2.12. The molecule has 0 aliphatic carbocycles. The number of amides is 2. The van der Waals surface area contributed by atoms with Gasteiger partial charge < -0.3 is 10.1 Å². The van der Waals surface area contributed by atoms with Gasteiger partial charge in [-0.1, -0.05) is 19.1 Å². The Labute approximate surface area is 157 Å². The first-order valence-electron chi connectivity index (χ1n) is 8.67. The Morgan fingerprint density at radius 2 is 1.85 bits per heavy atom.